The van der Waals surface area contributed by atoms with Gasteiger partial charge in [-0.2, -0.15) is 0 Å². The highest BCUT2D eigenvalue weighted by Crippen LogP contribution is 2.18. The summed E-state index contributed by atoms with van der Waals surface area (Å²) in [5.74, 6) is -0.343. The summed E-state index contributed by atoms with van der Waals surface area (Å²) in [5.41, 5.74) is 1.42. The van der Waals surface area contributed by atoms with E-state index < -0.39 is 5.97 Å². The predicted molar refractivity (Wildman–Crippen MR) is 65.8 cm³/mol. The molecule has 96 valence electrons. The van der Waals surface area contributed by atoms with Crippen molar-refractivity contribution in [2.75, 3.05) is 13.2 Å². The molecule has 5 nitrogen and oxygen atoms in total. The van der Waals surface area contributed by atoms with Gasteiger partial charge in [-0.25, -0.2) is 9.78 Å². The molecule has 0 atom stereocenters. The molecule has 1 aromatic carbocycles. The number of aryl methyl sites for hydroxylation is 1. The molecule has 0 fully saturated rings. The van der Waals surface area contributed by atoms with Gasteiger partial charge < -0.3 is 14.3 Å². The van der Waals surface area contributed by atoms with E-state index >= 15 is 0 Å². The summed E-state index contributed by atoms with van der Waals surface area (Å²) in [4.78, 5) is 15.1. The lowest BCUT2D eigenvalue weighted by molar-refractivity contribution is 0.0697. The molecule has 0 saturated carbocycles. The van der Waals surface area contributed by atoms with Gasteiger partial charge in [-0.3, -0.25) is 0 Å². The summed E-state index contributed by atoms with van der Waals surface area (Å²) in [5, 5.41) is 8.88. The van der Waals surface area contributed by atoms with Crippen molar-refractivity contribution in [2.45, 2.75) is 19.8 Å². The molecule has 1 N–H and O–H groups in total. The normalized spacial score (nSPS) is 10.9. The highest BCUT2D eigenvalue weighted by atomic mass is 16.5. The first-order valence-electron chi connectivity index (χ1n) is 5.91. The van der Waals surface area contributed by atoms with Gasteiger partial charge >= 0.3 is 5.97 Å². The molecule has 0 aliphatic rings. The van der Waals surface area contributed by atoms with Crippen LogP contribution in [-0.2, 0) is 11.2 Å². The van der Waals surface area contributed by atoms with Crippen LogP contribution < -0.4 is 0 Å². The first-order chi connectivity index (χ1) is 8.70. The third-order valence-electron chi connectivity index (χ3n) is 2.56. The zero-order chi connectivity index (χ0) is 13.0. The van der Waals surface area contributed by atoms with Crippen molar-refractivity contribution in [1.82, 2.24) is 4.98 Å². The number of benzene rings is 1. The standard InChI is InChI=1S/C13H15NO4/c1-2-17-7-3-4-12-14-10-8-9(13(15)16)5-6-11(10)18-12/h5-6,8H,2-4,7H2,1H3,(H,15,16). The van der Waals surface area contributed by atoms with Crippen LogP contribution in [0.25, 0.3) is 11.1 Å². The summed E-state index contributed by atoms with van der Waals surface area (Å²) in [6, 6.07) is 4.67. The highest BCUT2D eigenvalue weighted by Gasteiger charge is 2.09. The smallest absolute Gasteiger partial charge is 0.335 e. The summed E-state index contributed by atoms with van der Waals surface area (Å²) in [6.45, 7) is 3.33. The van der Waals surface area contributed by atoms with Gasteiger partial charge in [-0.05, 0) is 31.5 Å². The quantitative estimate of drug-likeness (QED) is 0.796. The lowest BCUT2D eigenvalue weighted by Gasteiger charge is -1.97. The van der Waals surface area contributed by atoms with Crippen LogP contribution in [0.2, 0.25) is 0 Å². The minimum atomic E-state index is -0.960. The molecule has 0 aliphatic heterocycles. The lowest BCUT2D eigenvalue weighted by Crippen LogP contribution is -1.96. The molecule has 2 aromatic rings. The van der Waals surface area contributed by atoms with Gasteiger partial charge in [-0.1, -0.05) is 0 Å². The summed E-state index contributed by atoms with van der Waals surface area (Å²) < 4.78 is 10.8. The van der Waals surface area contributed by atoms with Crippen LogP contribution in [-0.4, -0.2) is 29.3 Å². The maximum absolute atomic E-state index is 10.8. The van der Waals surface area contributed by atoms with E-state index in [1.54, 1.807) is 6.07 Å². The number of rotatable bonds is 6. The maximum Gasteiger partial charge on any atom is 0.335 e. The number of carbonyl (C=O) groups is 1. The van der Waals surface area contributed by atoms with Gasteiger partial charge in [0.05, 0.1) is 5.56 Å². The molecule has 1 heterocycles. The number of hydrogen-bond acceptors (Lipinski definition) is 4. The van der Waals surface area contributed by atoms with Gasteiger partial charge in [-0.15, -0.1) is 0 Å². The van der Waals surface area contributed by atoms with Gasteiger partial charge in [0.25, 0.3) is 0 Å². The molecular formula is C13H15NO4. The zero-order valence-corrected chi connectivity index (χ0v) is 10.2. The van der Waals surface area contributed by atoms with E-state index in [1.807, 2.05) is 6.92 Å². The Morgan fingerprint density at radius 2 is 2.33 bits per heavy atom. The molecule has 0 unspecified atom stereocenters. The third-order valence-corrected chi connectivity index (χ3v) is 2.56. The van der Waals surface area contributed by atoms with Crippen LogP contribution >= 0.6 is 0 Å². The number of nitrogens with zero attached hydrogens (tertiary/aromatic N) is 1. The van der Waals surface area contributed by atoms with Gasteiger partial charge in [0.2, 0.25) is 0 Å². The first-order valence-corrected chi connectivity index (χ1v) is 5.91. The van der Waals surface area contributed by atoms with E-state index in [-0.39, 0.29) is 5.56 Å². The molecule has 1 aromatic heterocycles. The fraction of sp³-hybridized carbons (Fsp3) is 0.385. The molecule has 5 heteroatoms. The van der Waals surface area contributed by atoms with Crippen molar-refractivity contribution in [3.8, 4) is 0 Å². The van der Waals surface area contributed by atoms with Gasteiger partial charge in [0.15, 0.2) is 11.5 Å². The Morgan fingerprint density at radius 1 is 1.50 bits per heavy atom. The van der Waals surface area contributed by atoms with Crippen LogP contribution in [0.1, 0.15) is 29.6 Å². The zero-order valence-electron chi connectivity index (χ0n) is 10.2. The van der Waals surface area contributed by atoms with Gasteiger partial charge in [0.1, 0.15) is 5.52 Å². The van der Waals surface area contributed by atoms with Crippen molar-refractivity contribution < 1.29 is 19.1 Å². The minimum absolute atomic E-state index is 0.219. The molecule has 0 saturated heterocycles. The number of oxazole rings is 1. The number of ether oxygens (including phenoxy) is 1. The molecule has 0 spiro atoms. The summed E-state index contributed by atoms with van der Waals surface area (Å²) in [7, 11) is 0. The molecular weight excluding hydrogens is 234 g/mol. The average Bonchev–Trinajstić information content (AvgIpc) is 2.76. The van der Waals surface area contributed by atoms with Gasteiger partial charge in [0, 0.05) is 19.6 Å². The lowest BCUT2D eigenvalue weighted by atomic mass is 10.2. The summed E-state index contributed by atoms with van der Waals surface area (Å²) >= 11 is 0. The Labute approximate surface area is 104 Å². The van der Waals surface area contributed by atoms with Crippen LogP contribution in [0.3, 0.4) is 0 Å². The second-order valence-corrected chi connectivity index (χ2v) is 3.90. The van der Waals surface area contributed by atoms with E-state index in [0.29, 0.717) is 36.6 Å². The van der Waals surface area contributed by atoms with Crippen molar-refractivity contribution in [2.24, 2.45) is 0 Å². The fourth-order valence-corrected chi connectivity index (χ4v) is 1.68. The molecule has 2 rings (SSSR count). The van der Waals surface area contributed by atoms with E-state index in [2.05, 4.69) is 4.98 Å². The largest absolute Gasteiger partial charge is 0.478 e. The summed E-state index contributed by atoms with van der Waals surface area (Å²) in [6.07, 6.45) is 1.53. The van der Waals surface area contributed by atoms with E-state index in [0.717, 1.165) is 6.42 Å². The van der Waals surface area contributed by atoms with Crippen LogP contribution in [0.5, 0.6) is 0 Å². The molecule has 0 amide bonds. The van der Waals surface area contributed by atoms with Crippen molar-refractivity contribution in [3.63, 3.8) is 0 Å². The minimum Gasteiger partial charge on any atom is -0.478 e. The second kappa shape index (κ2) is 5.64. The fourth-order valence-electron chi connectivity index (χ4n) is 1.68. The number of carboxylic acids is 1. The van der Waals surface area contributed by atoms with Crippen molar-refractivity contribution >= 4 is 17.1 Å². The number of aromatic nitrogens is 1. The number of aromatic carboxylic acids is 1. The molecule has 18 heavy (non-hydrogen) atoms. The molecule has 0 aliphatic carbocycles. The van der Waals surface area contributed by atoms with Crippen molar-refractivity contribution in [3.05, 3.63) is 29.7 Å². The monoisotopic (exact) mass is 249 g/mol. The molecule has 0 radical (unpaired) electrons. The average molecular weight is 249 g/mol. The second-order valence-electron chi connectivity index (χ2n) is 3.90. The Morgan fingerprint density at radius 3 is 3.06 bits per heavy atom. The van der Waals surface area contributed by atoms with E-state index in [9.17, 15) is 4.79 Å². The highest BCUT2D eigenvalue weighted by molar-refractivity contribution is 5.91. The van der Waals surface area contributed by atoms with Crippen molar-refractivity contribution in [1.29, 1.82) is 0 Å². The maximum atomic E-state index is 10.8. The Kier molecular flexibility index (Phi) is 3.94. The first kappa shape index (κ1) is 12.6. The Bertz CT molecular complexity index is 547. The van der Waals surface area contributed by atoms with E-state index in [1.165, 1.54) is 12.1 Å². The van der Waals surface area contributed by atoms with Crippen LogP contribution in [0, 0.1) is 0 Å². The number of fused-ring (bicyclic) bond motifs is 1. The molecule has 0 bridgehead atoms. The SMILES string of the molecule is CCOCCCc1nc2cc(C(=O)O)ccc2o1. The number of hydrogen-bond donors (Lipinski definition) is 1. The predicted octanol–water partition coefficient (Wildman–Crippen LogP) is 2.50. The number of carboxylic acid groups (broad SMARTS) is 1. The van der Waals surface area contributed by atoms with Crippen LogP contribution in [0.4, 0.5) is 0 Å². The topological polar surface area (TPSA) is 72.6 Å². The Balaban J connectivity index is 2.09. The third kappa shape index (κ3) is 2.87. The Hall–Kier alpha value is -1.88. The van der Waals surface area contributed by atoms with E-state index in [4.69, 9.17) is 14.3 Å². The van der Waals surface area contributed by atoms with Crippen LogP contribution in [0.15, 0.2) is 22.6 Å².